The minimum absolute atomic E-state index is 0.0579. The molecule has 6 nitrogen and oxygen atoms in total. The fourth-order valence-electron chi connectivity index (χ4n) is 2.16. The lowest BCUT2D eigenvalue weighted by molar-refractivity contribution is -0.382. The molecule has 1 aromatic heterocycles. The molecule has 0 aliphatic carbocycles. The van der Waals surface area contributed by atoms with Gasteiger partial charge in [-0.2, -0.15) is 0 Å². The highest BCUT2D eigenvalue weighted by Gasteiger charge is 2.25. The summed E-state index contributed by atoms with van der Waals surface area (Å²) < 4.78 is 0. The van der Waals surface area contributed by atoms with E-state index < -0.39 is 0 Å². The SMILES string of the molecule is O=[N+]([O-])c1c(N2CCCO2)ccc2ncccc12. The van der Waals surface area contributed by atoms with Crippen molar-refractivity contribution >= 4 is 22.3 Å². The van der Waals surface area contributed by atoms with E-state index in [0.29, 0.717) is 29.7 Å². The van der Waals surface area contributed by atoms with Crippen LogP contribution in [0.1, 0.15) is 6.42 Å². The number of benzene rings is 1. The van der Waals surface area contributed by atoms with E-state index in [9.17, 15) is 10.1 Å². The first kappa shape index (κ1) is 10.9. The molecule has 18 heavy (non-hydrogen) atoms. The molecule has 1 aromatic carbocycles. The summed E-state index contributed by atoms with van der Waals surface area (Å²) in [6.45, 7) is 1.27. The predicted molar refractivity (Wildman–Crippen MR) is 66.3 cm³/mol. The number of fused-ring (bicyclic) bond motifs is 1. The van der Waals surface area contributed by atoms with Crippen LogP contribution in [-0.2, 0) is 4.84 Å². The van der Waals surface area contributed by atoms with Crippen molar-refractivity contribution < 1.29 is 9.76 Å². The second-order valence-corrected chi connectivity index (χ2v) is 4.05. The lowest BCUT2D eigenvalue weighted by atomic mass is 10.1. The number of nitro groups is 1. The van der Waals surface area contributed by atoms with Gasteiger partial charge >= 0.3 is 5.69 Å². The Hall–Kier alpha value is -2.21. The Bertz CT molecular complexity index is 609. The molecule has 3 rings (SSSR count). The number of hydroxylamine groups is 1. The summed E-state index contributed by atoms with van der Waals surface area (Å²) in [5.74, 6) is 0. The molecular weight excluding hydrogens is 234 g/mol. The second-order valence-electron chi connectivity index (χ2n) is 4.05. The van der Waals surface area contributed by atoms with Gasteiger partial charge in [-0.25, -0.2) is 5.06 Å². The normalized spacial score (nSPS) is 15.2. The number of nitrogens with zero attached hydrogens (tertiary/aromatic N) is 3. The number of hydrogen-bond acceptors (Lipinski definition) is 5. The van der Waals surface area contributed by atoms with E-state index in [1.165, 1.54) is 0 Å². The Kier molecular flexibility index (Phi) is 2.56. The smallest absolute Gasteiger partial charge is 0.273 e. The Morgan fingerprint density at radius 3 is 3.00 bits per heavy atom. The van der Waals surface area contributed by atoms with Crippen LogP contribution in [0.3, 0.4) is 0 Å². The molecule has 2 aromatic rings. The summed E-state index contributed by atoms with van der Waals surface area (Å²) in [5.41, 5.74) is 1.17. The van der Waals surface area contributed by atoms with Gasteiger partial charge in [0.25, 0.3) is 0 Å². The first-order valence-electron chi connectivity index (χ1n) is 5.70. The van der Waals surface area contributed by atoms with E-state index in [0.717, 1.165) is 6.42 Å². The fraction of sp³-hybridized carbons (Fsp3) is 0.250. The minimum atomic E-state index is -0.374. The molecule has 0 amide bonds. The molecule has 0 saturated carbocycles. The molecule has 1 fully saturated rings. The number of anilines is 1. The largest absolute Gasteiger partial charge is 0.304 e. The molecule has 6 heteroatoms. The highest BCUT2D eigenvalue weighted by molar-refractivity contribution is 5.94. The van der Waals surface area contributed by atoms with Crippen LogP contribution in [-0.4, -0.2) is 23.1 Å². The monoisotopic (exact) mass is 245 g/mol. The summed E-state index contributed by atoms with van der Waals surface area (Å²) in [6.07, 6.45) is 2.50. The third-order valence-corrected chi connectivity index (χ3v) is 2.94. The highest BCUT2D eigenvalue weighted by Crippen LogP contribution is 2.36. The van der Waals surface area contributed by atoms with Crippen LogP contribution in [0.5, 0.6) is 0 Å². The Labute approximate surface area is 103 Å². The molecule has 0 N–H and O–H groups in total. The average Bonchev–Trinajstić information content (AvgIpc) is 2.90. The maximum absolute atomic E-state index is 11.3. The third-order valence-electron chi connectivity index (χ3n) is 2.94. The Balaban J connectivity index is 2.24. The maximum atomic E-state index is 11.3. The number of aromatic nitrogens is 1. The van der Waals surface area contributed by atoms with E-state index in [4.69, 9.17) is 4.84 Å². The van der Waals surface area contributed by atoms with Crippen molar-refractivity contribution in [1.82, 2.24) is 4.98 Å². The van der Waals surface area contributed by atoms with E-state index in [-0.39, 0.29) is 10.6 Å². The topological polar surface area (TPSA) is 68.5 Å². The highest BCUT2D eigenvalue weighted by atomic mass is 16.7. The average molecular weight is 245 g/mol. The van der Waals surface area contributed by atoms with Crippen molar-refractivity contribution in [3.8, 4) is 0 Å². The summed E-state index contributed by atoms with van der Waals surface area (Å²) in [6, 6.07) is 6.88. The maximum Gasteiger partial charge on any atom is 0.304 e. The van der Waals surface area contributed by atoms with Crippen molar-refractivity contribution in [2.24, 2.45) is 0 Å². The van der Waals surface area contributed by atoms with Crippen molar-refractivity contribution in [2.75, 3.05) is 18.2 Å². The lowest BCUT2D eigenvalue weighted by Gasteiger charge is -2.16. The summed E-state index contributed by atoms with van der Waals surface area (Å²) in [7, 11) is 0. The van der Waals surface area contributed by atoms with E-state index in [1.807, 2.05) is 0 Å². The molecule has 0 unspecified atom stereocenters. The zero-order valence-electron chi connectivity index (χ0n) is 9.57. The van der Waals surface area contributed by atoms with E-state index in [1.54, 1.807) is 35.5 Å². The molecule has 0 atom stereocenters. The van der Waals surface area contributed by atoms with Crippen LogP contribution >= 0.6 is 0 Å². The zero-order valence-corrected chi connectivity index (χ0v) is 9.57. The Morgan fingerprint density at radius 1 is 1.39 bits per heavy atom. The van der Waals surface area contributed by atoms with E-state index in [2.05, 4.69) is 4.98 Å². The fourth-order valence-corrected chi connectivity index (χ4v) is 2.16. The van der Waals surface area contributed by atoms with Gasteiger partial charge in [0, 0.05) is 12.7 Å². The van der Waals surface area contributed by atoms with Crippen LogP contribution in [0.4, 0.5) is 11.4 Å². The first-order valence-corrected chi connectivity index (χ1v) is 5.70. The molecule has 92 valence electrons. The van der Waals surface area contributed by atoms with Gasteiger partial charge in [-0.1, -0.05) is 0 Å². The van der Waals surface area contributed by atoms with Gasteiger partial charge in [0.2, 0.25) is 0 Å². The quantitative estimate of drug-likeness (QED) is 0.599. The van der Waals surface area contributed by atoms with Gasteiger partial charge in [0.05, 0.1) is 22.4 Å². The van der Waals surface area contributed by atoms with Crippen molar-refractivity contribution in [3.63, 3.8) is 0 Å². The van der Waals surface area contributed by atoms with Crippen molar-refractivity contribution in [3.05, 3.63) is 40.6 Å². The molecule has 2 heterocycles. The van der Waals surface area contributed by atoms with Gasteiger partial charge in [-0.15, -0.1) is 0 Å². The van der Waals surface area contributed by atoms with Gasteiger partial charge in [0.15, 0.2) is 0 Å². The Morgan fingerprint density at radius 2 is 2.28 bits per heavy atom. The predicted octanol–water partition coefficient (Wildman–Crippen LogP) is 2.28. The molecule has 1 saturated heterocycles. The molecule has 1 aliphatic rings. The van der Waals surface area contributed by atoms with Crippen LogP contribution < -0.4 is 5.06 Å². The molecule has 0 bridgehead atoms. The zero-order chi connectivity index (χ0) is 12.5. The van der Waals surface area contributed by atoms with Crippen LogP contribution in [0.25, 0.3) is 10.9 Å². The third kappa shape index (κ3) is 1.67. The van der Waals surface area contributed by atoms with Crippen molar-refractivity contribution in [2.45, 2.75) is 6.42 Å². The van der Waals surface area contributed by atoms with Gasteiger partial charge in [-0.3, -0.25) is 19.9 Å². The summed E-state index contributed by atoms with van der Waals surface area (Å²) >= 11 is 0. The number of hydrogen-bond donors (Lipinski definition) is 0. The number of nitro benzene ring substituents is 1. The molecular formula is C12H11N3O3. The molecule has 0 spiro atoms. The number of pyridine rings is 1. The van der Waals surface area contributed by atoms with Gasteiger partial charge in [0.1, 0.15) is 5.69 Å². The van der Waals surface area contributed by atoms with Crippen LogP contribution in [0.2, 0.25) is 0 Å². The van der Waals surface area contributed by atoms with Crippen molar-refractivity contribution in [1.29, 1.82) is 0 Å². The number of rotatable bonds is 2. The standard InChI is InChI=1S/C12H11N3O3/c16-15(17)12-9-3-1-6-13-10(9)4-5-11(12)14-7-2-8-18-14/h1,3-6H,2,7-8H2. The summed E-state index contributed by atoms with van der Waals surface area (Å²) in [4.78, 5) is 20.4. The molecule has 0 radical (unpaired) electrons. The van der Waals surface area contributed by atoms with Gasteiger partial charge < -0.3 is 0 Å². The summed E-state index contributed by atoms with van der Waals surface area (Å²) in [5, 5.41) is 13.4. The van der Waals surface area contributed by atoms with Gasteiger partial charge in [-0.05, 0) is 30.7 Å². The minimum Gasteiger partial charge on any atom is -0.273 e. The first-order chi connectivity index (χ1) is 8.77. The molecule has 1 aliphatic heterocycles. The van der Waals surface area contributed by atoms with E-state index >= 15 is 0 Å². The van der Waals surface area contributed by atoms with Crippen LogP contribution in [0, 0.1) is 10.1 Å². The van der Waals surface area contributed by atoms with Crippen LogP contribution in [0.15, 0.2) is 30.5 Å². The lowest BCUT2D eigenvalue weighted by Crippen LogP contribution is -2.17. The second kappa shape index (κ2) is 4.23.